The van der Waals surface area contributed by atoms with Crippen LogP contribution in [0.3, 0.4) is 0 Å². The first kappa shape index (κ1) is 12.3. The van der Waals surface area contributed by atoms with Gasteiger partial charge in [0.1, 0.15) is 11.5 Å². The van der Waals surface area contributed by atoms with Crippen molar-refractivity contribution in [1.29, 1.82) is 0 Å². The highest BCUT2D eigenvalue weighted by Crippen LogP contribution is 2.32. The molecule has 2 heterocycles. The highest BCUT2D eigenvalue weighted by molar-refractivity contribution is 5.33. The van der Waals surface area contributed by atoms with Crippen molar-refractivity contribution >= 4 is 0 Å². The molecule has 0 aliphatic carbocycles. The van der Waals surface area contributed by atoms with Crippen LogP contribution in [0, 0.1) is 6.92 Å². The Bertz CT molecular complexity index is 555. The van der Waals surface area contributed by atoms with E-state index in [2.05, 4.69) is 9.97 Å². The van der Waals surface area contributed by atoms with Gasteiger partial charge in [-0.25, -0.2) is 0 Å². The Balaban J connectivity index is 2.28. The van der Waals surface area contributed by atoms with Crippen molar-refractivity contribution in [2.24, 2.45) is 0 Å². The molecule has 0 saturated carbocycles. The van der Waals surface area contributed by atoms with Crippen molar-refractivity contribution in [3.05, 3.63) is 48.0 Å². The standard InChI is InChI=1S/C12H9F3N2O/c1-8-11(3-2-4-17-8)18-10-5-9(6-16-7-10)12(13,14)15/h2-7H,1H3. The minimum Gasteiger partial charge on any atom is -0.454 e. The summed E-state index contributed by atoms with van der Waals surface area (Å²) in [5.74, 6) is 0.430. The molecule has 0 aromatic carbocycles. The molecule has 94 valence electrons. The van der Waals surface area contributed by atoms with Gasteiger partial charge in [-0.05, 0) is 25.1 Å². The van der Waals surface area contributed by atoms with Crippen molar-refractivity contribution in [2.75, 3.05) is 0 Å². The van der Waals surface area contributed by atoms with Gasteiger partial charge in [0.15, 0.2) is 0 Å². The highest BCUT2D eigenvalue weighted by Gasteiger charge is 2.31. The van der Waals surface area contributed by atoms with E-state index in [1.54, 1.807) is 25.3 Å². The topological polar surface area (TPSA) is 35.0 Å². The van der Waals surface area contributed by atoms with Gasteiger partial charge in [-0.15, -0.1) is 0 Å². The van der Waals surface area contributed by atoms with Gasteiger partial charge in [-0.2, -0.15) is 13.2 Å². The molecule has 0 atom stereocenters. The summed E-state index contributed by atoms with van der Waals surface area (Å²) in [6, 6.07) is 4.17. The van der Waals surface area contributed by atoms with E-state index >= 15 is 0 Å². The van der Waals surface area contributed by atoms with E-state index < -0.39 is 11.7 Å². The molecular weight excluding hydrogens is 245 g/mol. The molecule has 0 N–H and O–H groups in total. The highest BCUT2D eigenvalue weighted by atomic mass is 19.4. The van der Waals surface area contributed by atoms with Crippen molar-refractivity contribution in [3.8, 4) is 11.5 Å². The average molecular weight is 254 g/mol. The summed E-state index contributed by atoms with van der Waals surface area (Å²) in [6.45, 7) is 1.70. The summed E-state index contributed by atoms with van der Waals surface area (Å²) in [7, 11) is 0. The van der Waals surface area contributed by atoms with Gasteiger partial charge < -0.3 is 4.74 Å². The number of hydrogen-bond acceptors (Lipinski definition) is 3. The van der Waals surface area contributed by atoms with Crippen LogP contribution < -0.4 is 4.74 Å². The van der Waals surface area contributed by atoms with E-state index in [0.717, 1.165) is 12.3 Å². The number of aromatic nitrogens is 2. The van der Waals surface area contributed by atoms with Gasteiger partial charge in [-0.1, -0.05) is 0 Å². The molecular formula is C12H9F3N2O. The molecule has 0 spiro atoms. The van der Waals surface area contributed by atoms with Gasteiger partial charge in [0, 0.05) is 12.4 Å². The zero-order chi connectivity index (χ0) is 13.2. The van der Waals surface area contributed by atoms with Crippen LogP contribution in [0.5, 0.6) is 11.5 Å². The summed E-state index contributed by atoms with van der Waals surface area (Å²) in [5.41, 5.74) is -0.253. The number of hydrogen-bond donors (Lipinski definition) is 0. The second-order valence-corrected chi connectivity index (χ2v) is 3.60. The molecule has 2 aromatic heterocycles. The molecule has 0 aliphatic rings. The fraction of sp³-hybridized carbons (Fsp3) is 0.167. The molecule has 3 nitrogen and oxygen atoms in total. The minimum atomic E-state index is -4.43. The van der Waals surface area contributed by atoms with Crippen molar-refractivity contribution in [1.82, 2.24) is 9.97 Å². The Labute approximate surface area is 101 Å². The van der Waals surface area contributed by atoms with Crippen LogP contribution in [0.1, 0.15) is 11.3 Å². The SMILES string of the molecule is Cc1ncccc1Oc1cncc(C(F)(F)F)c1. The first-order valence-corrected chi connectivity index (χ1v) is 5.08. The van der Waals surface area contributed by atoms with Crippen LogP contribution in [0.15, 0.2) is 36.8 Å². The van der Waals surface area contributed by atoms with Gasteiger partial charge in [-0.3, -0.25) is 9.97 Å². The zero-order valence-electron chi connectivity index (χ0n) is 9.40. The average Bonchev–Trinajstić information content (AvgIpc) is 2.31. The molecule has 6 heteroatoms. The van der Waals surface area contributed by atoms with Crippen molar-refractivity contribution < 1.29 is 17.9 Å². The first-order chi connectivity index (χ1) is 8.47. The number of pyridine rings is 2. The lowest BCUT2D eigenvalue weighted by Gasteiger charge is -2.10. The van der Waals surface area contributed by atoms with Crippen molar-refractivity contribution in [3.63, 3.8) is 0 Å². The summed E-state index contributed by atoms with van der Waals surface area (Å²) >= 11 is 0. The lowest BCUT2D eigenvalue weighted by atomic mass is 10.2. The second-order valence-electron chi connectivity index (χ2n) is 3.60. The molecule has 0 saturated heterocycles. The predicted octanol–water partition coefficient (Wildman–Crippen LogP) is 3.60. The maximum atomic E-state index is 12.5. The fourth-order valence-corrected chi connectivity index (χ4v) is 1.33. The number of nitrogens with zero attached hydrogens (tertiary/aromatic N) is 2. The predicted molar refractivity (Wildman–Crippen MR) is 58.3 cm³/mol. The number of alkyl halides is 3. The summed E-state index contributed by atoms with van der Waals surface area (Å²) < 4.78 is 42.8. The van der Waals surface area contributed by atoms with E-state index in [0.29, 0.717) is 11.4 Å². The molecule has 0 bridgehead atoms. The maximum absolute atomic E-state index is 12.5. The van der Waals surface area contributed by atoms with Crippen LogP contribution in [0.25, 0.3) is 0 Å². The van der Waals surface area contributed by atoms with E-state index in [9.17, 15) is 13.2 Å². The van der Waals surface area contributed by atoms with Crippen LogP contribution in [0.4, 0.5) is 13.2 Å². The first-order valence-electron chi connectivity index (χ1n) is 5.08. The second kappa shape index (κ2) is 4.64. The zero-order valence-corrected chi connectivity index (χ0v) is 9.40. The Morgan fingerprint density at radius 3 is 2.67 bits per heavy atom. The Morgan fingerprint density at radius 2 is 2.00 bits per heavy atom. The summed E-state index contributed by atoms with van der Waals surface area (Å²) in [4.78, 5) is 7.49. The monoisotopic (exact) mass is 254 g/mol. The van der Waals surface area contributed by atoms with Crippen molar-refractivity contribution in [2.45, 2.75) is 13.1 Å². The third-order valence-corrected chi connectivity index (χ3v) is 2.23. The normalized spacial score (nSPS) is 11.3. The third-order valence-electron chi connectivity index (χ3n) is 2.23. The van der Waals surface area contributed by atoms with E-state index in [-0.39, 0.29) is 5.75 Å². The molecule has 0 amide bonds. The maximum Gasteiger partial charge on any atom is 0.418 e. The lowest BCUT2D eigenvalue weighted by molar-refractivity contribution is -0.137. The minimum absolute atomic E-state index is 0.0286. The Morgan fingerprint density at radius 1 is 1.22 bits per heavy atom. The molecule has 0 unspecified atom stereocenters. The largest absolute Gasteiger partial charge is 0.454 e. The van der Waals surface area contributed by atoms with Crippen LogP contribution >= 0.6 is 0 Å². The van der Waals surface area contributed by atoms with E-state index in [4.69, 9.17) is 4.74 Å². The molecule has 2 rings (SSSR count). The number of rotatable bonds is 2. The van der Waals surface area contributed by atoms with Gasteiger partial charge in [0.25, 0.3) is 0 Å². The summed E-state index contributed by atoms with van der Waals surface area (Å²) in [6.07, 6.45) is -0.881. The fourth-order valence-electron chi connectivity index (χ4n) is 1.33. The third kappa shape index (κ3) is 2.77. The van der Waals surface area contributed by atoms with Gasteiger partial charge in [0.2, 0.25) is 0 Å². The molecule has 18 heavy (non-hydrogen) atoms. The number of halogens is 3. The van der Waals surface area contributed by atoms with E-state index in [1.165, 1.54) is 6.20 Å². The van der Waals surface area contributed by atoms with E-state index in [1.807, 2.05) is 0 Å². The Hall–Kier alpha value is -2.11. The molecule has 0 radical (unpaired) electrons. The molecule has 2 aromatic rings. The summed E-state index contributed by atoms with van der Waals surface area (Å²) in [5, 5.41) is 0. The molecule has 0 aliphatic heterocycles. The van der Waals surface area contributed by atoms with Crippen LogP contribution in [-0.2, 0) is 6.18 Å². The quantitative estimate of drug-likeness (QED) is 0.821. The lowest BCUT2D eigenvalue weighted by Crippen LogP contribution is -2.05. The number of ether oxygens (including phenoxy) is 1. The smallest absolute Gasteiger partial charge is 0.418 e. The molecule has 0 fully saturated rings. The van der Waals surface area contributed by atoms with Gasteiger partial charge in [0.05, 0.1) is 17.5 Å². The van der Waals surface area contributed by atoms with Gasteiger partial charge >= 0.3 is 6.18 Å². The van der Waals surface area contributed by atoms with Crippen LogP contribution in [0.2, 0.25) is 0 Å². The Kier molecular flexibility index (Phi) is 3.18. The number of aryl methyl sites for hydroxylation is 1. The van der Waals surface area contributed by atoms with Crippen LogP contribution in [-0.4, -0.2) is 9.97 Å².